The van der Waals surface area contributed by atoms with Crippen molar-refractivity contribution in [1.29, 1.82) is 0 Å². The van der Waals surface area contributed by atoms with Crippen LogP contribution in [0.5, 0.6) is 0 Å². The number of hydrogen-bond acceptors (Lipinski definition) is 4. The van der Waals surface area contributed by atoms with Gasteiger partial charge in [-0.3, -0.25) is 9.59 Å². The molecule has 17 heavy (non-hydrogen) atoms. The molecule has 1 heterocycles. The van der Waals surface area contributed by atoms with Crippen LogP contribution >= 0.6 is 0 Å². The van der Waals surface area contributed by atoms with Crippen molar-refractivity contribution in [1.82, 2.24) is 0 Å². The molecule has 0 N–H and O–H groups in total. The first-order valence-electron chi connectivity index (χ1n) is 6.26. The van der Waals surface area contributed by atoms with Crippen molar-refractivity contribution in [2.75, 3.05) is 0 Å². The van der Waals surface area contributed by atoms with Crippen molar-refractivity contribution < 1.29 is 19.1 Å². The van der Waals surface area contributed by atoms with Gasteiger partial charge in [0.1, 0.15) is 5.60 Å². The molecular formula is C13H20O4. The quantitative estimate of drug-likeness (QED) is 0.692. The van der Waals surface area contributed by atoms with E-state index in [1.54, 1.807) is 0 Å². The second kappa shape index (κ2) is 4.00. The maximum atomic E-state index is 12.0. The van der Waals surface area contributed by atoms with E-state index in [1.807, 2.05) is 27.7 Å². The van der Waals surface area contributed by atoms with Crippen LogP contribution < -0.4 is 0 Å². The highest BCUT2D eigenvalue weighted by molar-refractivity contribution is 5.84. The zero-order valence-electron chi connectivity index (χ0n) is 10.9. The fraction of sp³-hybridized carbons (Fsp3) is 0.846. The van der Waals surface area contributed by atoms with Gasteiger partial charge in [0.05, 0.1) is 17.9 Å². The summed E-state index contributed by atoms with van der Waals surface area (Å²) in [6.07, 6.45) is 1.25. The van der Waals surface area contributed by atoms with E-state index in [-0.39, 0.29) is 41.4 Å². The molecule has 1 saturated heterocycles. The molecule has 0 spiro atoms. The third kappa shape index (κ3) is 2.17. The van der Waals surface area contributed by atoms with Crippen molar-refractivity contribution in [2.24, 2.45) is 17.8 Å². The van der Waals surface area contributed by atoms with Crippen LogP contribution in [0.1, 0.15) is 40.5 Å². The summed E-state index contributed by atoms with van der Waals surface area (Å²) in [5.74, 6) is -0.993. The first-order valence-corrected chi connectivity index (χ1v) is 6.26. The lowest BCUT2D eigenvalue weighted by Crippen LogP contribution is -2.41. The smallest absolute Gasteiger partial charge is 0.310 e. The Hall–Kier alpha value is -1.06. The summed E-state index contributed by atoms with van der Waals surface area (Å²) in [7, 11) is 0. The van der Waals surface area contributed by atoms with E-state index in [0.29, 0.717) is 6.42 Å². The van der Waals surface area contributed by atoms with Gasteiger partial charge in [0, 0.05) is 6.42 Å². The Morgan fingerprint density at radius 3 is 2.71 bits per heavy atom. The van der Waals surface area contributed by atoms with Crippen LogP contribution in [0, 0.1) is 17.8 Å². The third-order valence-corrected chi connectivity index (χ3v) is 3.73. The molecule has 0 amide bonds. The molecule has 96 valence electrons. The van der Waals surface area contributed by atoms with Crippen molar-refractivity contribution >= 4 is 11.9 Å². The maximum Gasteiger partial charge on any atom is 0.310 e. The van der Waals surface area contributed by atoms with E-state index in [2.05, 4.69) is 0 Å². The third-order valence-electron chi connectivity index (χ3n) is 3.73. The normalized spacial score (nSPS) is 40.3. The standard InChI is InChI=1S/C13H20O4/c1-7(2)16-12(15)10-8(3)5-13(4)6-9(10)11(14)17-13/h7-10H,5-6H2,1-4H3/t8-,9+,10-,13+/m0/s1. The van der Waals surface area contributed by atoms with E-state index in [4.69, 9.17) is 9.47 Å². The second-order valence-electron chi connectivity index (χ2n) is 5.87. The molecule has 4 atom stereocenters. The van der Waals surface area contributed by atoms with Gasteiger partial charge in [0.2, 0.25) is 0 Å². The molecule has 2 fully saturated rings. The fourth-order valence-corrected chi connectivity index (χ4v) is 3.22. The molecule has 0 aromatic carbocycles. The zero-order chi connectivity index (χ0) is 12.8. The number of esters is 2. The van der Waals surface area contributed by atoms with Gasteiger partial charge in [-0.2, -0.15) is 0 Å². The number of ether oxygens (including phenoxy) is 2. The van der Waals surface area contributed by atoms with Crippen LogP contribution in [0.25, 0.3) is 0 Å². The van der Waals surface area contributed by atoms with Gasteiger partial charge >= 0.3 is 11.9 Å². The molecule has 2 bridgehead atoms. The molecule has 4 nitrogen and oxygen atoms in total. The van der Waals surface area contributed by atoms with Crippen LogP contribution in [-0.4, -0.2) is 23.6 Å². The molecule has 1 aliphatic carbocycles. The molecule has 4 heteroatoms. The lowest BCUT2D eigenvalue weighted by Gasteiger charge is -2.35. The van der Waals surface area contributed by atoms with Gasteiger partial charge in [-0.15, -0.1) is 0 Å². The predicted molar refractivity (Wildman–Crippen MR) is 61.1 cm³/mol. The van der Waals surface area contributed by atoms with Gasteiger partial charge in [-0.25, -0.2) is 0 Å². The lowest BCUT2D eigenvalue weighted by molar-refractivity contribution is -0.160. The Kier molecular flexibility index (Phi) is 2.92. The highest BCUT2D eigenvalue weighted by Gasteiger charge is 2.56. The first kappa shape index (κ1) is 12.4. The largest absolute Gasteiger partial charge is 0.463 e. The Morgan fingerprint density at radius 1 is 1.47 bits per heavy atom. The van der Waals surface area contributed by atoms with Crippen molar-refractivity contribution in [3.8, 4) is 0 Å². The highest BCUT2D eigenvalue weighted by atomic mass is 16.6. The van der Waals surface area contributed by atoms with Crippen LogP contribution in [0.15, 0.2) is 0 Å². The Bertz CT molecular complexity index is 349. The number of rotatable bonds is 2. The number of carbonyl (C=O) groups is 2. The molecular weight excluding hydrogens is 220 g/mol. The Morgan fingerprint density at radius 2 is 2.12 bits per heavy atom. The van der Waals surface area contributed by atoms with Crippen LogP contribution in [0.3, 0.4) is 0 Å². The SMILES string of the molecule is CC(C)OC(=O)[C@H]1[C@@H](C)C[C@]2(C)C[C@H]1C(=O)O2. The van der Waals surface area contributed by atoms with Crippen molar-refractivity contribution in [3.05, 3.63) is 0 Å². The average Bonchev–Trinajstić information content (AvgIpc) is 2.35. The molecule has 0 aromatic heterocycles. The molecule has 2 rings (SSSR count). The van der Waals surface area contributed by atoms with Crippen LogP contribution in [0.4, 0.5) is 0 Å². The van der Waals surface area contributed by atoms with Gasteiger partial charge in [0.25, 0.3) is 0 Å². The van der Waals surface area contributed by atoms with Gasteiger partial charge in [-0.1, -0.05) is 6.92 Å². The number of fused-ring (bicyclic) bond motifs is 2. The summed E-state index contributed by atoms with van der Waals surface area (Å²) in [5.41, 5.74) is -0.365. The summed E-state index contributed by atoms with van der Waals surface area (Å²) >= 11 is 0. The minimum atomic E-state index is -0.365. The predicted octanol–water partition coefficient (Wildman–Crippen LogP) is 1.92. The Labute approximate surface area is 102 Å². The van der Waals surface area contributed by atoms with E-state index < -0.39 is 0 Å². The summed E-state index contributed by atoms with van der Waals surface area (Å²) in [5, 5.41) is 0. The fourth-order valence-electron chi connectivity index (χ4n) is 3.22. The Balaban J connectivity index is 2.17. The summed E-state index contributed by atoms with van der Waals surface area (Å²) in [4.78, 5) is 23.8. The second-order valence-corrected chi connectivity index (χ2v) is 5.87. The molecule has 1 saturated carbocycles. The highest BCUT2D eigenvalue weighted by Crippen LogP contribution is 2.48. The minimum Gasteiger partial charge on any atom is -0.463 e. The molecule has 0 aromatic rings. The maximum absolute atomic E-state index is 12.0. The van der Waals surface area contributed by atoms with Crippen LogP contribution in [0.2, 0.25) is 0 Å². The van der Waals surface area contributed by atoms with Crippen LogP contribution in [-0.2, 0) is 19.1 Å². The topological polar surface area (TPSA) is 52.6 Å². The summed E-state index contributed by atoms with van der Waals surface area (Å²) < 4.78 is 10.6. The number of carbonyl (C=O) groups excluding carboxylic acids is 2. The lowest BCUT2D eigenvalue weighted by atomic mass is 9.69. The average molecular weight is 240 g/mol. The number of hydrogen-bond donors (Lipinski definition) is 0. The molecule has 0 unspecified atom stereocenters. The van der Waals surface area contributed by atoms with E-state index in [1.165, 1.54) is 0 Å². The van der Waals surface area contributed by atoms with Gasteiger partial charge in [0.15, 0.2) is 0 Å². The molecule has 0 radical (unpaired) electrons. The molecule has 1 aliphatic heterocycles. The van der Waals surface area contributed by atoms with Crippen molar-refractivity contribution in [2.45, 2.75) is 52.2 Å². The zero-order valence-corrected chi connectivity index (χ0v) is 10.9. The van der Waals surface area contributed by atoms with Gasteiger partial charge in [-0.05, 0) is 33.1 Å². The van der Waals surface area contributed by atoms with E-state index in [0.717, 1.165) is 6.42 Å². The van der Waals surface area contributed by atoms with Gasteiger partial charge < -0.3 is 9.47 Å². The summed E-state index contributed by atoms with van der Waals surface area (Å²) in [6.45, 7) is 7.59. The first-order chi connectivity index (χ1) is 7.82. The minimum absolute atomic E-state index is 0.136. The summed E-state index contributed by atoms with van der Waals surface area (Å²) in [6, 6.07) is 0. The monoisotopic (exact) mass is 240 g/mol. The van der Waals surface area contributed by atoms with E-state index in [9.17, 15) is 9.59 Å². The van der Waals surface area contributed by atoms with E-state index >= 15 is 0 Å². The molecule has 2 aliphatic rings. The van der Waals surface area contributed by atoms with Crippen molar-refractivity contribution in [3.63, 3.8) is 0 Å².